The van der Waals surface area contributed by atoms with E-state index in [1.54, 1.807) is 24.5 Å². The van der Waals surface area contributed by atoms with Crippen molar-refractivity contribution in [1.29, 1.82) is 0 Å². The molecule has 0 atom stereocenters. The number of nitrogen functional groups attached to an aromatic ring is 1. The second kappa shape index (κ2) is 8.28. The molecule has 4 rings (SSSR count). The van der Waals surface area contributed by atoms with Crippen LogP contribution >= 0.6 is 0 Å². The lowest BCUT2D eigenvalue weighted by Gasteiger charge is -2.34. The first-order chi connectivity index (χ1) is 14.5. The van der Waals surface area contributed by atoms with Gasteiger partial charge >= 0.3 is 6.09 Å². The Labute approximate surface area is 173 Å². The van der Waals surface area contributed by atoms with Gasteiger partial charge in [0.05, 0.1) is 0 Å². The van der Waals surface area contributed by atoms with Crippen LogP contribution in [0.3, 0.4) is 0 Å². The number of nitrogens with zero attached hydrogens (tertiary/aromatic N) is 3. The minimum atomic E-state index is -0.883. The highest BCUT2D eigenvalue weighted by molar-refractivity contribution is 5.72. The Morgan fingerprint density at radius 1 is 1.03 bits per heavy atom. The molecular weight excluding hydrogens is 387 g/mol. The Morgan fingerprint density at radius 2 is 1.77 bits per heavy atom. The summed E-state index contributed by atoms with van der Waals surface area (Å²) in [6.45, 7) is 2.24. The molecule has 2 heterocycles. The van der Waals surface area contributed by atoms with Crippen molar-refractivity contribution in [2.75, 3.05) is 36.8 Å². The van der Waals surface area contributed by atoms with E-state index in [9.17, 15) is 9.18 Å². The van der Waals surface area contributed by atoms with Crippen LogP contribution in [0.1, 0.15) is 0 Å². The quantitative estimate of drug-likeness (QED) is 0.633. The molecule has 30 heavy (non-hydrogen) atoms. The summed E-state index contributed by atoms with van der Waals surface area (Å²) in [7, 11) is 0. The zero-order valence-electron chi connectivity index (χ0n) is 16.2. The number of hydrogen-bond acceptors (Lipinski definition) is 5. The number of carboxylic acid groups (broad SMARTS) is 1. The minimum Gasteiger partial charge on any atom is -0.465 e. The predicted octanol–water partition coefficient (Wildman–Crippen LogP) is 4.06. The number of halogens is 1. The van der Waals surface area contributed by atoms with Crippen molar-refractivity contribution >= 4 is 17.5 Å². The van der Waals surface area contributed by atoms with E-state index in [1.807, 2.05) is 24.3 Å². The van der Waals surface area contributed by atoms with Gasteiger partial charge in [0.15, 0.2) is 11.6 Å². The number of amides is 1. The summed E-state index contributed by atoms with van der Waals surface area (Å²) in [6.07, 6.45) is 2.38. The third-order valence-corrected chi connectivity index (χ3v) is 5.05. The summed E-state index contributed by atoms with van der Waals surface area (Å²) in [6, 6.07) is 13.8. The number of aromatic nitrogens is 1. The topological polar surface area (TPSA) is 91.9 Å². The van der Waals surface area contributed by atoms with E-state index in [1.165, 1.54) is 17.0 Å². The Kier molecular flexibility index (Phi) is 5.38. The molecule has 1 aliphatic heterocycles. The van der Waals surface area contributed by atoms with Gasteiger partial charge in [-0.1, -0.05) is 12.1 Å². The third-order valence-electron chi connectivity index (χ3n) is 5.05. The second-order valence-electron chi connectivity index (χ2n) is 6.97. The van der Waals surface area contributed by atoms with Crippen LogP contribution in [-0.4, -0.2) is 47.3 Å². The Balaban J connectivity index is 1.53. The fourth-order valence-corrected chi connectivity index (χ4v) is 3.41. The van der Waals surface area contributed by atoms with Crippen LogP contribution in [0.25, 0.3) is 11.1 Å². The van der Waals surface area contributed by atoms with Gasteiger partial charge in [0.1, 0.15) is 5.75 Å². The average Bonchev–Trinajstić information content (AvgIpc) is 2.76. The van der Waals surface area contributed by atoms with Crippen molar-refractivity contribution in [2.45, 2.75) is 0 Å². The molecule has 0 aliphatic carbocycles. The van der Waals surface area contributed by atoms with Crippen LogP contribution in [-0.2, 0) is 0 Å². The van der Waals surface area contributed by atoms with Crippen molar-refractivity contribution in [1.82, 2.24) is 9.88 Å². The molecule has 154 valence electrons. The van der Waals surface area contributed by atoms with E-state index < -0.39 is 11.9 Å². The normalized spacial score (nSPS) is 13.9. The van der Waals surface area contributed by atoms with Gasteiger partial charge in [-0.15, -0.1) is 0 Å². The van der Waals surface area contributed by atoms with E-state index in [2.05, 4.69) is 9.88 Å². The molecule has 3 N–H and O–H groups in total. The number of carbonyl (C=O) groups is 1. The average molecular weight is 408 g/mol. The number of rotatable bonds is 4. The van der Waals surface area contributed by atoms with Gasteiger partial charge in [0.25, 0.3) is 0 Å². The van der Waals surface area contributed by atoms with Gasteiger partial charge in [-0.05, 0) is 35.9 Å². The number of piperazine rings is 1. The molecule has 0 radical (unpaired) electrons. The van der Waals surface area contributed by atoms with Crippen molar-refractivity contribution < 1.29 is 19.0 Å². The molecule has 1 aliphatic rings. The van der Waals surface area contributed by atoms with Crippen molar-refractivity contribution in [3.8, 4) is 22.6 Å². The van der Waals surface area contributed by atoms with Gasteiger partial charge in [-0.2, -0.15) is 0 Å². The number of hydrogen-bond donors (Lipinski definition) is 2. The standard InChI is InChI=1S/C22H21FN4O3/c23-19-13-16(24)3-6-21(19)30-20-7-8-25-14-18(20)15-1-4-17(5-2-15)26-9-11-27(12-10-26)22(28)29/h1-8,13-14H,9-12,24H2,(H,28,29). The van der Waals surface area contributed by atoms with Gasteiger partial charge in [0.2, 0.25) is 0 Å². The molecule has 0 unspecified atom stereocenters. The lowest BCUT2D eigenvalue weighted by molar-refractivity contribution is 0.142. The van der Waals surface area contributed by atoms with Gasteiger partial charge < -0.3 is 25.4 Å². The monoisotopic (exact) mass is 408 g/mol. The molecule has 8 heteroatoms. The largest absolute Gasteiger partial charge is 0.465 e. The first kappa shape index (κ1) is 19.5. The maximum absolute atomic E-state index is 14.1. The molecule has 0 bridgehead atoms. The molecule has 7 nitrogen and oxygen atoms in total. The maximum Gasteiger partial charge on any atom is 0.407 e. The fourth-order valence-electron chi connectivity index (χ4n) is 3.41. The van der Waals surface area contributed by atoms with Crippen LogP contribution < -0.4 is 15.4 Å². The first-order valence-electron chi connectivity index (χ1n) is 9.51. The molecule has 1 fully saturated rings. The smallest absolute Gasteiger partial charge is 0.407 e. The van der Waals surface area contributed by atoms with Gasteiger partial charge in [-0.25, -0.2) is 9.18 Å². The second-order valence-corrected chi connectivity index (χ2v) is 6.97. The van der Waals surface area contributed by atoms with Gasteiger partial charge in [-0.3, -0.25) is 4.98 Å². The highest BCUT2D eigenvalue weighted by atomic mass is 19.1. The number of benzene rings is 2. The van der Waals surface area contributed by atoms with Crippen LogP contribution in [0.15, 0.2) is 60.9 Å². The molecule has 2 aromatic carbocycles. The Bertz CT molecular complexity index is 1050. The van der Waals surface area contributed by atoms with E-state index in [0.29, 0.717) is 37.6 Å². The molecule has 1 aromatic heterocycles. The van der Waals surface area contributed by atoms with Crippen molar-refractivity contribution in [2.24, 2.45) is 0 Å². The first-order valence-corrected chi connectivity index (χ1v) is 9.51. The number of ether oxygens (including phenoxy) is 1. The van der Waals surface area contributed by atoms with E-state index in [4.69, 9.17) is 15.6 Å². The molecule has 0 spiro atoms. The SMILES string of the molecule is Nc1ccc(Oc2ccncc2-c2ccc(N3CCN(C(=O)O)CC3)cc2)c(F)c1. The third kappa shape index (κ3) is 4.12. The summed E-state index contributed by atoms with van der Waals surface area (Å²) in [4.78, 5) is 18.8. The van der Waals surface area contributed by atoms with Crippen LogP contribution in [0.5, 0.6) is 11.5 Å². The van der Waals surface area contributed by atoms with Crippen molar-refractivity contribution in [3.63, 3.8) is 0 Å². The summed E-state index contributed by atoms with van der Waals surface area (Å²) in [5.41, 5.74) is 8.55. The summed E-state index contributed by atoms with van der Waals surface area (Å²) >= 11 is 0. The van der Waals surface area contributed by atoms with E-state index >= 15 is 0 Å². The Hall–Kier alpha value is -3.81. The molecule has 3 aromatic rings. The molecular formula is C22H21FN4O3. The lowest BCUT2D eigenvalue weighted by Crippen LogP contribution is -2.48. The summed E-state index contributed by atoms with van der Waals surface area (Å²) in [5.74, 6) is 0.0367. The van der Waals surface area contributed by atoms with Crippen LogP contribution in [0.4, 0.5) is 20.6 Å². The fraction of sp³-hybridized carbons (Fsp3) is 0.182. The molecule has 0 saturated carbocycles. The van der Waals surface area contributed by atoms with E-state index in [0.717, 1.165) is 16.8 Å². The summed E-state index contributed by atoms with van der Waals surface area (Å²) in [5, 5.41) is 9.08. The number of pyridine rings is 1. The van der Waals surface area contributed by atoms with Crippen LogP contribution in [0, 0.1) is 5.82 Å². The number of anilines is 2. The summed E-state index contributed by atoms with van der Waals surface area (Å²) < 4.78 is 19.9. The lowest BCUT2D eigenvalue weighted by atomic mass is 10.1. The predicted molar refractivity (Wildman–Crippen MR) is 112 cm³/mol. The highest BCUT2D eigenvalue weighted by Crippen LogP contribution is 2.34. The van der Waals surface area contributed by atoms with E-state index in [-0.39, 0.29) is 5.75 Å². The van der Waals surface area contributed by atoms with Crippen LogP contribution in [0.2, 0.25) is 0 Å². The minimum absolute atomic E-state index is 0.0876. The zero-order chi connectivity index (χ0) is 21.1. The zero-order valence-corrected chi connectivity index (χ0v) is 16.2. The highest BCUT2D eigenvalue weighted by Gasteiger charge is 2.20. The molecule has 1 saturated heterocycles. The molecule has 1 amide bonds. The number of nitrogens with two attached hydrogens (primary N) is 1. The van der Waals surface area contributed by atoms with Crippen molar-refractivity contribution in [3.05, 3.63) is 66.7 Å². The maximum atomic E-state index is 14.1. The van der Waals surface area contributed by atoms with Gasteiger partial charge in [0, 0.05) is 61.6 Å². The Morgan fingerprint density at radius 3 is 2.43 bits per heavy atom.